The van der Waals surface area contributed by atoms with Crippen LogP contribution >= 0.6 is 35.8 Å². The van der Waals surface area contributed by atoms with Gasteiger partial charge < -0.3 is 15.5 Å². The predicted octanol–water partition coefficient (Wildman–Crippen LogP) is 4.58. The van der Waals surface area contributed by atoms with Crippen molar-refractivity contribution in [2.45, 2.75) is 30.3 Å². The summed E-state index contributed by atoms with van der Waals surface area (Å²) in [4.78, 5) is 11.6. The Morgan fingerprint density at radius 2 is 1.93 bits per heavy atom. The molecular formula is C20H25Cl2NO3S. The summed E-state index contributed by atoms with van der Waals surface area (Å²) >= 11 is 7.62. The molecule has 0 aliphatic rings. The lowest BCUT2D eigenvalue weighted by atomic mass is 10.1. The molecule has 3 N–H and O–H groups in total. The normalized spacial score (nSPS) is 11.6. The number of nitrogens with one attached hydrogen (secondary N) is 1. The van der Waals surface area contributed by atoms with Crippen LogP contribution in [-0.4, -0.2) is 35.0 Å². The average Bonchev–Trinajstić information content (AvgIpc) is 2.63. The molecule has 2 aromatic carbocycles. The third-order valence-corrected chi connectivity index (χ3v) is 5.22. The fraction of sp³-hybridized carbons (Fsp3) is 0.350. The Morgan fingerprint density at radius 3 is 2.59 bits per heavy atom. The zero-order chi connectivity index (χ0) is 18.8. The highest BCUT2D eigenvalue weighted by Crippen LogP contribution is 2.20. The minimum absolute atomic E-state index is 0. The zero-order valence-corrected chi connectivity index (χ0v) is 17.3. The van der Waals surface area contributed by atoms with Gasteiger partial charge in [-0.05, 0) is 60.5 Å². The molecule has 0 saturated carbocycles. The number of halogens is 2. The first-order valence-corrected chi connectivity index (χ1v) is 9.99. The molecule has 0 aromatic heterocycles. The third kappa shape index (κ3) is 9.49. The van der Waals surface area contributed by atoms with Gasteiger partial charge in [0.1, 0.15) is 0 Å². The fourth-order valence-corrected chi connectivity index (χ4v) is 3.52. The molecule has 0 fully saturated rings. The maximum atomic E-state index is 10.5. The summed E-state index contributed by atoms with van der Waals surface area (Å²) in [5.74, 6) is 0.0723. The minimum Gasteiger partial charge on any atom is -0.481 e. The van der Waals surface area contributed by atoms with Gasteiger partial charge in [0.25, 0.3) is 0 Å². The predicted molar refractivity (Wildman–Crippen MR) is 114 cm³/mol. The molecule has 0 bridgehead atoms. The molecule has 2 rings (SSSR count). The van der Waals surface area contributed by atoms with E-state index in [-0.39, 0.29) is 18.8 Å². The van der Waals surface area contributed by atoms with Gasteiger partial charge in [-0.3, -0.25) is 4.79 Å². The summed E-state index contributed by atoms with van der Waals surface area (Å²) in [7, 11) is 0. The molecule has 0 saturated heterocycles. The number of benzene rings is 2. The number of hydrogen-bond donors (Lipinski definition) is 3. The smallest absolute Gasteiger partial charge is 0.303 e. The summed E-state index contributed by atoms with van der Waals surface area (Å²) in [6.07, 6.45) is 1.21. The maximum absolute atomic E-state index is 10.5. The molecule has 0 spiro atoms. The van der Waals surface area contributed by atoms with E-state index < -0.39 is 12.1 Å². The molecule has 0 heterocycles. The molecular weight excluding hydrogens is 405 g/mol. The Hall–Kier alpha value is -1.24. The first kappa shape index (κ1) is 23.8. The summed E-state index contributed by atoms with van der Waals surface area (Å²) in [5.41, 5.74) is 2.04. The summed E-state index contributed by atoms with van der Waals surface area (Å²) in [6, 6.07) is 15.6. The van der Waals surface area contributed by atoms with E-state index in [2.05, 4.69) is 29.6 Å². The van der Waals surface area contributed by atoms with Crippen LogP contribution < -0.4 is 5.32 Å². The topological polar surface area (TPSA) is 69.6 Å². The van der Waals surface area contributed by atoms with Crippen molar-refractivity contribution in [1.82, 2.24) is 5.32 Å². The van der Waals surface area contributed by atoms with Crippen molar-refractivity contribution in [3.8, 4) is 0 Å². The van der Waals surface area contributed by atoms with E-state index in [4.69, 9.17) is 16.7 Å². The van der Waals surface area contributed by atoms with Crippen LogP contribution in [0.3, 0.4) is 0 Å². The van der Waals surface area contributed by atoms with Gasteiger partial charge in [0.2, 0.25) is 0 Å². The van der Waals surface area contributed by atoms with Crippen LogP contribution in [0.15, 0.2) is 53.4 Å². The Labute approximate surface area is 175 Å². The lowest BCUT2D eigenvalue weighted by Gasteiger charge is -2.12. The fourth-order valence-electron chi connectivity index (χ4n) is 2.47. The van der Waals surface area contributed by atoms with Gasteiger partial charge in [-0.1, -0.05) is 35.9 Å². The first-order chi connectivity index (χ1) is 12.5. The van der Waals surface area contributed by atoms with Crippen molar-refractivity contribution in [3.63, 3.8) is 0 Å². The number of carboxylic acid groups (broad SMARTS) is 1. The quantitative estimate of drug-likeness (QED) is 0.360. The molecule has 0 amide bonds. The first-order valence-electron chi connectivity index (χ1n) is 8.62. The Kier molecular flexibility index (Phi) is 11.5. The number of rotatable bonds is 11. The highest BCUT2D eigenvalue weighted by atomic mass is 35.5. The molecule has 4 nitrogen and oxygen atoms in total. The Balaban J connectivity index is 0.00000364. The second kappa shape index (κ2) is 13.0. The van der Waals surface area contributed by atoms with Gasteiger partial charge >= 0.3 is 5.97 Å². The number of thioether (sulfide) groups is 1. The van der Waals surface area contributed by atoms with Crippen molar-refractivity contribution in [1.29, 1.82) is 0 Å². The molecule has 0 aliphatic heterocycles. The van der Waals surface area contributed by atoms with Crippen LogP contribution in [0.5, 0.6) is 0 Å². The van der Waals surface area contributed by atoms with Crippen LogP contribution in [0, 0.1) is 0 Å². The zero-order valence-electron chi connectivity index (χ0n) is 14.9. The van der Waals surface area contributed by atoms with Crippen LogP contribution in [0.4, 0.5) is 0 Å². The molecule has 0 aliphatic carbocycles. The third-order valence-electron chi connectivity index (χ3n) is 3.89. The van der Waals surface area contributed by atoms with Crippen LogP contribution in [0.1, 0.15) is 30.1 Å². The molecule has 27 heavy (non-hydrogen) atoms. The summed E-state index contributed by atoms with van der Waals surface area (Å²) in [5, 5.41) is 22.7. The van der Waals surface area contributed by atoms with E-state index in [1.54, 1.807) is 23.9 Å². The van der Waals surface area contributed by atoms with E-state index in [1.807, 2.05) is 12.1 Å². The average molecular weight is 430 g/mol. The van der Waals surface area contributed by atoms with Crippen LogP contribution in [0.25, 0.3) is 0 Å². The van der Waals surface area contributed by atoms with E-state index in [0.717, 1.165) is 29.2 Å². The molecule has 0 unspecified atom stereocenters. The summed E-state index contributed by atoms with van der Waals surface area (Å²) < 4.78 is 0. The standard InChI is InChI=1S/C20H24ClNO3S.ClH/c21-17-4-1-3-16(13-17)19(23)14-22-11-10-15-6-8-18(9-7-15)26-12-2-5-20(24)25;/h1,3-4,6-9,13,19,22-23H,2,5,10-12,14H2,(H,24,25);1H/t19-;/m1./s1. The van der Waals surface area contributed by atoms with E-state index >= 15 is 0 Å². The molecule has 7 heteroatoms. The molecule has 2 aromatic rings. The SMILES string of the molecule is Cl.O=C(O)CCCSc1ccc(CCNC[C@@H](O)c2cccc(Cl)c2)cc1. The molecule has 1 atom stereocenters. The van der Waals surface area contributed by atoms with Crippen molar-refractivity contribution in [2.24, 2.45) is 0 Å². The second-order valence-electron chi connectivity index (χ2n) is 6.01. The lowest BCUT2D eigenvalue weighted by Crippen LogP contribution is -2.23. The van der Waals surface area contributed by atoms with Crippen molar-refractivity contribution < 1.29 is 15.0 Å². The number of hydrogen-bond acceptors (Lipinski definition) is 4. The number of aliphatic hydroxyl groups is 1. The van der Waals surface area contributed by atoms with E-state index in [9.17, 15) is 9.90 Å². The number of aliphatic hydroxyl groups excluding tert-OH is 1. The largest absolute Gasteiger partial charge is 0.481 e. The summed E-state index contributed by atoms with van der Waals surface area (Å²) in [6.45, 7) is 1.26. The highest BCUT2D eigenvalue weighted by molar-refractivity contribution is 7.99. The monoisotopic (exact) mass is 429 g/mol. The van der Waals surface area contributed by atoms with Crippen molar-refractivity contribution in [2.75, 3.05) is 18.8 Å². The minimum atomic E-state index is -0.742. The number of aliphatic carboxylic acids is 1. The lowest BCUT2D eigenvalue weighted by molar-refractivity contribution is -0.137. The Morgan fingerprint density at radius 1 is 1.19 bits per heavy atom. The van der Waals surface area contributed by atoms with Gasteiger partial charge in [-0.2, -0.15) is 0 Å². The van der Waals surface area contributed by atoms with Crippen molar-refractivity contribution in [3.05, 3.63) is 64.7 Å². The van der Waals surface area contributed by atoms with Gasteiger partial charge in [0.15, 0.2) is 0 Å². The highest BCUT2D eigenvalue weighted by Gasteiger charge is 2.07. The maximum Gasteiger partial charge on any atom is 0.303 e. The van der Waals surface area contributed by atoms with Crippen LogP contribution in [-0.2, 0) is 11.2 Å². The van der Waals surface area contributed by atoms with E-state index in [0.29, 0.717) is 18.0 Å². The second-order valence-corrected chi connectivity index (χ2v) is 7.62. The number of carboxylic acids is 1. The van der Waals surface area contributed by atoms with Gasteiger partial charge in [-0.25, -0.2) is 0 Å². The number of carbonyl (C=O) groups is 1. The van der Waals surface area contributed by atoms with Crippen LogP contribution in [0.2, 0.25) is 5.02 Å². The Bertz CT molecular complexity index is 698. The molecule has 148 valence electrons. The van der Waals surface area contributed by atoms with Gasteiger partial charge in [0, 0.05) is 22.9 Å². The van der Waals surface area contributed by atoms with Crippen molar-refractivity contribution >= 4 is 41.7 Å². The van der Waals surface area contributed by atoms with E-state index in [1.165, 1.54) is 5.56 Å². The molecule has 0 radical (unpaired) electrons. The van der Waals surface area contributed by atoms with Gasteiger partial charge in [0.05, 0.1) is 6.10 Å². The van der Waals surface area contributed by atoms with Gasteiger partial charge in [-0.15, -0.1) is 24.2 Å².